The lowest BCUT2D eigenvalue weighted by Crippen LogP contribution is -1.98. The van der Waals surface area contributed by atoms with Crippen LogP contribution >= 0.6 is 34.5 Å². The van der Waals surface area contributed by atoms with E-state index in [0.717, 1.165) is 16.0 Å². The molecule has 0 bridgehead atoms. The summed E-state index contributed by atoms with van der Waals surface area (Å²) < 4.78 is 11.6. The highest BCUT2D eigenvalue weighted by Crippen LogP contribution is 2.36. The van der Waals surface area contributed by atoms with E-state index in [-0.39, 0.29) is 5.78 Å². The van der Waals surface area contributed by atoms with E-state index in [1.54, 1.807) is 47.7 Å². The fraction of sp³-hybridized carbons (Fsp3) is 0.0952. The molecule has 3 nitrogen and oxygen atoms in total. The van der Waals surface area contributed by atoms with E-state index >= 15 is 0 Å². The van der Waals surface area contributed by atoms with Crippen molar-refractivity contribution in [3.05, 3.63) is 85.2 Å². The first-order valence-corrected chi connectivity index (χ1v) is 9.84. The van der Waals surface area contributed by atoms with Crippen LogP contribution in [0.15, 0.2) is 53.6 Å². The van der Waals surface area contributed by atoms with Crippen LogP contribution < -0.4 is 9.47 Å². The Kier molecular flexibility index (Phi) is 4.96. The number of Topliss-reactive ketones (excluding diaryl/α,β-unsaturated/α-hetero) is 1. The summed E-state index contributed by atoms with van der Waals surface area (Å²) in [5.41, 5.74) is 2.48. The monoisotopic (exact) mass is 416 g/mol. The number of carbonyl (C=O) groups is 1. The Balaban J connectivity index is 1.52. The predicted molar refractivity (Wildman–Crippen MR) is 109 cm³/mol. The molecule has 0 aliphatic carbocycles. The second kappa shape index (κ2) is 7.39. The molecular weight excluding hydrogens is 403 g/mol. The zero-order chi connectivity index (χ0) is 19.0. The van der Waals surface area contributed by atoms with Gasteiger partial charge < -0.3 is 9.47 Å². The van der Waals surface area contributed by atoms with Crippen LogP contribution in [-0.2, 0) is 6.61 Å². The molecule has 0 N–H and O–H groups in total. The Morgan fingerprint density at radius 3 is 2.74 bits per heavy atom. The number of ether oxygens (including phenoxy) is 2. The lowest BCUT2D eigenvalue weighted by Gasteiger charge is -2.09. The maximum atomic E-state index is 12.5. The molecule has 27 heavy (non-hydrogen) atoms. The third-order valence-corrected chi connectivity index (χ3v) is 5.77. The summed E-state index contributed by atoms with van der Waals surface area (Å²) in [6.07, 6.45) is 1.79. The van der Waals surface area contributed by atoms with Crippen molar-refractivity contribution in [3.63, 3.8) is 0 Å². The Morgan fingerprint density at radius 1 is 1.15 bits per heavy atom. The Bertz CT molecular complexity index is 1070. The fourth-order valence-electron chi connectivity index (χ4n) is 2.71. The lowest BCUT2D eigenvalue weighted by molar-refractivity contribution is 0.101. The molecule has 3 aromatic rings. The Hall–Kier alpha value is -2.27. The van der Waals surface area contributed by atoms with E-state index < -0.39 is 0 Å². The molecule has 0 saturated heterocycles. The van der Waals surface area contributed by atoms with E-state index in [1.165, 1.54) is 0 Å². The van der Waals surface area contributed by atoms with Crippen LogP contribution in [0.3, 0.4) is 0 Å². The number of hydrogen-bond donors (Lipinski definition) is 0. The Morgan fingerprint density at radius 2 is 2.00 bits per heavy atom. The van der Waals surface area contributed by atoms with E-state index in [0.29, 0.717) is 39.5 Å². The first-order chi connectivity index (χ1) is 13.0. The van der Waals surface area contributed by atoms with Gasteiger partial charge in [0.1, 0.15) is 18.1 Å². The van der Waals surface area contributed by atoms with Gasteiger partial charge in [0.15, 0.2) is 5.76 Å². The average Bonchev–Trinajstić information content (AvgIpc) is 3.18. The predicted octanol–water partition coefficient (Wildman–Crippen LogP) is 6.56. The smallest absolute Gasteiger partial charge is 0.232 e. The van der Waals surface area contributed by atoms with Gasteiger partial charge in [-0.2, -0.15) is 0 Å². The number of ketones is 1. The van der Waals surface area contributed by atoms with Crippen LogP contribution in [-0.4, -0.2) is 5.78 Å². The minimum atomic E-state index is -0.120. The van der Waals surface area contributed by atoms with E-state index in [2.05, 4.69) is 0 Å². The summed E-state index contributed by atoms with van der Waals surface area (Å²) in [5, 5.41) is 3.11. The molecule has 0 fully saturated rings. The van der Waals surface area contributed by atoms with E-state index in [9.17, 15) is 4.79 Å². The van der Waals surface area contributed by atoms with Gasteiger partial charge in [-0.05, 0) is 48.2 Å². The lowest BCUT2D eigenvalue weighted by atomic mass is 10.1. The molecule has 136 valence electrons. The molecule has 6 heteroatoms. The normalized spacial score (nSPS) is 14.3. The minimum Gasteiger partial charge on any atom is -0.489 e. The van der Waals surface area contributed by atoms with Crippen LogP contribution in [0.25, 0.3) is 6.08 Å². The number of hydrogen-bond acceptors (Lipinski definition) is 4. The molecule has 0 saturated carbocycles. The number of carbonyl (C=O) groups excluding carboxylic acids is 1. The van der Waals surface area contributed by atoms with Crippen LogP contribution in [0.5, 0.6) is 11.5 Å². The third-order valence-electron chi connectivity index (χ3n) is 4.21. The van der Waals surface area contributed by atoms with Gasteiger partial charge in [-0.3, -0.25) is 4.79 Å². The second-order valence-electron chi connectivity index (χ2n) is 6.09. The summed E-state index contributed by atoms with van der Waals surface area (Å²) in [6.45, 7) is 2.29. The summed E-state index contributed by atoms with van der Waals surface area (Å²) >= 11 is 13.6. The minimum absolute atomic E-state index is 0.120. The van der Waals surface area contributed by atoms with Crippen molar-refractivity contribution in [2.45, 2.75) is 13.5 Å². The van der Waals surface area contributed by atoms with Crippen LogP contribution in [0, 0.1) is 6.92 Å². The molecule has 0 radical (unpaired) electrons. The zero-order valence-electron chi connectivity index (χ0n) is 14.3. The molecule has 2 heterocycles. The van der Waals surface area contributed by atoms with Crippen molar-refractivity contribution >= 4 is 46.4 Å². The molecule has 0 spiro atoms. The number of rotatable bonds is 4. The van der Waals surface area contributed by atoms with Gasteiger partial charge in [0.25, 0.3) is 0 Å². The molecule has 1 aromatic heterocycles. The largest absolute Gasteiger partial charge is 0.489 e. The molecule has 1 aliphatic heterocycles. The number of aryl methyl sites for hydroxylation is 1. The number of fused-ring (bicyclic) bond motifs is 1. The molecule has 4 rings (SSSR count). The van der Waals surface area contributed by atoms with Crippen LogP contribution in [0.4, 0.5) is 0 Å². The SMILES string of the molecule is Cc1ccsc1/C=C1\Oc2cc(OCc3ccc(Cl)cc3Cl)ccc2C1=O. The zero-order valence-corrected chi connectivity index (χ0v) is 16.6. The number of halogens is 2. The summed E-state index contributed by atoms with van der Waals surface area (Å²) in [4.78, 5) is 13.6. The Labute approximate surface area is 170 Å². The molecule has 1 aliphatic rings. The van der Waals surface area contributed by atoms with Gasteiger partial charge in [0, 0.05) is 32.6 Å². The van der Waals surface area contributed by atoms with Crippen molar-refractivity contribution in [3.8, 4) is 11.5 Å². The van der Waals surface area contributed by atoms with Crippen molar-refractivity contribution in [2.24, 2.45) is 0 Å². The van der Waals surface area contributed by atoms with Crippen LogP contribution in [0.1, 0.15) is 26.4 Å². The first-order valence-electron chi connectivity index (χ1n) is 8.20. The van der Waals surface area contributed by atoms with Gasteiger partial charge in [0.05, 0.1) is 5.56 Å². The van der Waals surface area contributed by atoms with E-state index in [4.69, 9.17) is 32.7 Å². The molecule has 0 amide bonds. The van der Waals surface area contributed by atoms with Crippen molar-refractivity contribution in [1.29, 1.82) is 0 Å². The second-order valence-corrected chi connectivity index (χ2v) is 7.88. The van der Waals surface area contributed by atoms with Gasteiger partial charge in [-0.1, -0.05) is 29.3 Å². The van der Waals surface area contributed by atoms with Crippen molar-refractivity contribution in [1.82, 2.24) is 0 Å². The quantitative estimate of drug-likeness (QED) is 0.451. The highest BCUT2D eigenvalue weighted by molar-refractivity contribution is 7.11. The summed E-state index contributed by atoms with van der Waals surface area (Å²) in [7, 11) is 0. The average molecular weight is 417 g/mol. The summed E-state index contributed by atoms with van der Waals surface area (Å²) in [5.74, 6) is 1.31. The topological polar surface area (TPSA) is 35.5 Å². The highest BCUT2D eigenvalue weighted by atomic mass is 35.5. The first kappa shape index (κ1) is 18.1. The van der Waals surface area contributed by atoms with Gasteiger partial charge in [-0.25, -0.2) is 0 Å². The maximum absolute atomic E-state index is 12.5. The molecular formula is C21H14Cl2O3S. The third kappa shape index (κ3) is 3.74. The van der Waals surface area contributed by atoms with Gasteiger partial charge in [-0.15, -0.1) is 11.3 Å². The van der Waals surface area contributed by atoms with Crippen molar-refractivity contribution in [2.75, 3.05) is 0 Å². The molecule has 0 unspecified atom stereocenters. The van der Waals surface area contributed by atoms with Crippen LogP contribution in [0.2, 0.25) is 10.0 Å². The number of thiophene rings is 1. The molecule has 0 atom stereocenters. The molecule has 2 aromatic carbocycles. The van der Waals surface area contributed by atoms with Gasteiger partial charge >= 0.3 is 0 Å². The fourth-order valence-corrected chi connectivity index (χ4v) is 4.02. The number of benzene rings is 2. The highest BCUT2D eigenvalue weighted by Gasteiger charge is 2.28. The maximum Gasteiger partial charge on any atom is 0.232 e. The standard InChI is InChI=1S/C21H14Cl2O3S/c1-12-6-7-27-20(12)10-19-21(24)16-5-4-15(9-18(16)26-19)25-11-13-2-3-14(22)8-17(13)23/h2-10H,11H2,1H3/b19-10-. The summed E-state index contributed by atoms with van der Waals surface area (Å²) in [6, 6.07) is 12.5. The van der Waals surface area contributed by atoms with Crippen molar-refractivity contribution < 1.29 is 14.3 Å². The van der Waals surface area contributed by atoms with E-state index in [1.807, 2.05) is 24.4 Å². The number of allylic oxidation sites excluding steroid dienone is 1. The van der Waals surface area contributed by atoms with Gasteiger partial charge in [0.2, 0.25) is 5.78 Å².